The van der Waals surface area contributed by atoms with Gasteiger partial charge in [0, 0.05) is 11.1 Å². The van der Waals surface area contributed by atoms with Crippen molar-refractivity contribution >= 4 is 5.82 Å². The smallest absolute Gasteiger partial charge is 0.380 e. The predicted octanol–water partition coefficient (Wildman–Crippen LogP) is 6.02. The van der Waals surface area contributed by atoms with E-state index in [2.05, 4.69) is 25.3 Å². The highest BCUT2D eigenvalue weighted by Gasteiger charge is 2.38. The Morgan fingerprint density at radius 1 is 0.846 bits per heavy atom. The Morgan fingerprint density at radius 3 is 2.28 bits per heavy atom. The molecule has 0 spiro atoms. The fraction of sp³-hybridized carbons (Fsp3) is 0.160. The van der Waals surface area contributed by atoms with Crippen LogP contribution < -0.4 is 5.73 Å². The first kappa shape index (κ1) is 26.0. The summed E-state index contributed by atoms with van der Waals surface area (Å²) in [5, 5.41) is 11.9. The molecule has 3 heterocycles. The number of nitrogen functional groups attached to an aromatic ring is 1. The van der Waals surface area contributed by atoms with Gasteiger partial charge >= 0.3 is 12.4 Å². The quantitative estimate of drug-likeness (QED) is 0.277. The normalized spacial score (nSPS) is 12.3. The maximum atomic E-state index is 14.0. The van der Waals surface area contributed by atoms with E-state index in [-0.39, 0.29) is 35.6 Å². The summed E-state index contributed by atoms with van der Waals surface area (Å²) < 4.78 is 94.8. The van der Waals surface area contributed by atoms with Gasteiger partial charge in [0.25, 0.3) is 0 Å². The van der Waals surface area contributed by atoms with Crippen molar-refractivity contribution in [2.75, 3.05) is 5.73 Å². The van der Waals surface area contributed by atoms with Gasteiger partial charge in [-0.25, -0.2) is 14.4 Å². The Hall–Kier alpha value is -4.62. The lowest BCUT2D eigenvalue weighted by atomic mass is 10.00. The second-order valence-corrected chi connectivity index (χ2v) is 8.57. The summed E-state index contributed by atoms with van der Waals surface area (Å²) in [6.45, 7) is 1.59. The van der Waals surface area contributed by atoms with E-state index < -0.39 is 34.9 Å². The number of fused-ring (bicyclic) bond motifs is 1. The van der Waals surface area contributed by atoms with Crippen LogP contribution in [0.4, 0.5) is 36.6 Å². The number of imidazole rings is 1. The molecule has 0 amide bonds. The molecule has 0 radical (unpaired) electrons. The zero-order valence-electron chi connectivity index (χ0n) is 19.8. The van der Waals surface area contributed by atoms with Crippen LogP contribution in [0.25, 0.3) is 34.0 Å². The molecular formula is C25H16F7N7. The van der Waals surface area contributed by atoms with Crippen molar-refractivity contribution in [3.63, 3.8) is 0 Å². The van der Waals surface area contributed by atoms with E-state index in [1.165, 1.54) is 35.1 Å². The van der Waals surface area contributed by atoms with Crippen LogP contribution >= 0.6 is 0 Å². The minimum atomic E-state index is -5.05. The van der Waals surface area contributed by atoms with Crippen molar-refractivity contribution in [3.05, 3.63) is 82.9 Å². The predicted molar refractivity (Wildman–Crippen MR) is 126 cm³/mol. The van der Waals surface area contributed by atoms with Gasteiger partial charge in [0.05, 0.1) is 35.3 Å². The summed E-state index contributed by atoms with van der Waals surface area (Å²) in [5.41, 5.74) is 4.12. The maximum absolute atomic E-state index is 14.0. The third-order valence-electron chi connectivity index (χ3n) is 5.92. The molecular weight excluding hydrogens is 531 g/mol. The van der Waals surface area contributed by atoms with Crippen molar-refractivity contribution in [1.82, 2.24) is 29.9 Å². The number of hydrogen-bond acceptors (Lipinski definition) is 6. The highest BCUT2D eigenvalue weighted by Crippen LogP contribution is 2.40. The van der Waals surface area contributed by atoms with Gasteiger partial charge in [0.15, 0.2) is 11.6 Å². The van der Waals surface area contributed by atoms with Gasteiger partial charge in [-0.05, 0) is 42.8 Å². The van der Waals surface area contributed by atoms with Gasteiger partial charge in [-0.2, -0.15) is 41.6 Å². The molecule has 0 atom stereocenters. The van der Waals surface area contributed by atoms with Gasteiger partial charge in [-0.3, -0.25) is 4.68 Å². The Balaban J connectivity index is 1.44. The fourth-order valence-electron chi connectivity index (χ4n) is 3.97. The minimum absolute atomic E-state index is 0.00620. The van der Waals surface area contributed by atoms with Crippen LogP contribution in [0, 0.1) is 12.7 Å². The molecule has 200 valence electrons. The van der Waals surface area contributed by atoms with Crippen molar-refractivity contribution in [2.24, 2.45) is 0 Å². The minimum Gasteiger partial charge on any atom is -0.380 e. The summed E-state index contributed by atoms with van der Waals surface area (Å²) in [7, 11) is 0. The molecule has 7 nitrogen and oxygen atoms in total. The number of rotatable bonds is 4. The lowest BCUT2D eigenvalue weighted by molar-refractivity contribution is -0.142. The van der Waals surface area contributed by atoms with Crippen molar-refractivity contribution in [3.8, 4) is 34.0 Å². The van der Waals surface area contributed by atoms with Gasteiger partial charge in [0.2, 0.25) is 0 Å². The average molecular weight is 547 g/mol. The van der Waals surface area contributed by atoms with Crippen LogP contribution in [0.15, 0.2) is 54.7 Å². The highest BCUT2D eigenvalue weighted by atomic mass is 19.4. The summed E-state index contributed by atoms with van der Waals surface area (Å²) in [5.74, 6) is -0.123. The molecule has 0 bridgehead atoms. The second kappa shape index (κ2) is 9.29. The molecule has 0 aliphatic carbocycles. The van der Waals surface area contributed by atoms with E-state index in [9.17, 15) is 30.7 Å². The van der Waals surface area contributed by atoms with Crippen LogP contribution in [0.2, 0.25) is 0 Å². The Kier molecular flexibility index (Phi) is 6.19. The van der Waals surface area contributed by atoms with E-state index in [1.807, 2.05) is 0 Å². The molecule has 0 fully saturated rings. The maximum Gasteiger partial charge on any atom is 0.417 e. The SMILES string of the molecule is Cc1c(F)cccc1-c1nc2cn(Cc3ccc(-c4ccc(C(F)(F)F)cc4C(F)(F)F)nn3)nc(N)c-2n1. The monoisotopic (exact) mass is 547 g/mol. The molecule has 2 aliphatic heterocycles. The number of benzene rings is 2. The molecule has 14 heteroatoms. The molecule has 1 aromatic heterocycles. The molecule has 2 N–H and O–H groups in total. The van der Waals surface area contributed by atoms with E-state index in [1.54, 1.807) is 13.0 Å². The van der Waals surface area contributed by atoms with Crippen LogP contribution in [0.5, 0.6) is 0 Å². The summed E-state index contributed by atoms with van der Waals surface area (Å²) >= 11 is 0. The van der Waals surface area contributed by atoms with Gasteiger partial charge < -0.3 is 5.73 Å². The first-order valence-electron chi connectivity index (χ1n) is 11.2. The molecule has 0 saturated carbocycles. The van der Waals surface area contributed by atoms with Crippen LogP contribution in [-0.4, -0.2) is 29.9 Å². The van der Waals surface area contributed by atoms with Crippen molar-refractivity contribution < 1.29 is 30.7 Å². The summed E-state index contributed by atoms with van der Waals surface area (Å²) in [6.07, 6.45) is -8.47. The van der Waals surface area contributed by atoms with Crippen LogP contribution in [0.3, 0.4) is 0 Å². The molecule has 5 rings (SSSR count). The van der Waals surface area contributed by atoms with Crippen LogP contribution in [-0.2, 0) is 18.9 Å². The highest BCUT2D eigenvalue weighted by molar-refractivity contribution is 5.73. The molecule has 2 aliphatic rings. The number of halogens is 7. The van der Waals surface area contributed by atoms with E-state index >= 15 is 0 Å². The standard InChI is InChI=1S/C25H16F7N7/c1-12-15(3-2-4-18(12)26)23-34-20-11-39(38-22(33)21(20)35-23)10-14-6-8-19(37-36-14)16-7-5-13(24(27,28)29)9-17(16)25(30,31)32/h2-9,11H,10H2,1H3,(H2,33,38). The average Bonchev–Trinajstić information content (AvgIpc) is 3.29. The first-order chi connectivity index (χ1) is 18.3. The van der Waals surface area contributed by atoms with Gasteiger partial charge in [0.1, 0.15) is 17.2 Å². The van der Waals surface area contributed by atoms with Crippen molar-refractivity contribution in [2.45, 2.75) is 25.8 Å². The van der Waals surface area contributed by atoms with E-state index in [0.29, 0.717) is 34.6 Å². The zero-order chi connectivity index (χ0) is 28.1. The zero-order valence-corrected chi connectivity index (χ0v) is 19.8. The molecule has 0 unspecified atom stereocenters. The summed E-state index contributed by atoms with van der Waals surface area (Å²) in [4.78, 5) is 8.78. The number of hydrogen-bond donors (Lipinski definition) is 1. The topological polar surface area (TPSA) is 95.4 Å². The van der Waals surface area contributed by atoms with E-state index in [4.69, 9.17) is 5.73 Å². The summed E-state index contributed by atoms with van der Waals surface area (Å²) in [6, 6.07) is 8.42. The number of nitrogens with two attached hydrogens (primary N) is 1. The molecule has 3 aromatic rings. The number of alkyl halides is 6. The fourth-order valence-corrected chi connectivity index (χ4v) is 3.97. The third kappa shape index (κ3) is 5.09. The molecule has 0 saturated heterocycles. The van der Waals surface area contributed by atoms with Gasteiger partial charge in [-0.1, -0.05) is 18.2 Å². The van der Waals surface area contributed by atoms with E-state index in [0.717, 1.165) is 0 Å². The number of nitrogens with zero attached hydrogens (tertiary/aromatic N) is 6. The number of anilines is 1. The largest absolute Gasteiger partial charge is 0.417 e. The second-order valence-electron chi connectivity index (χ2n) is 8.57. The van der Waals surface area contributed by atoms with Crippen LogP contribution in [0.1, 0.15) is 22.4 Å². The molecule has 39 heavy (non-hydrogen) atoms. The Bertz CT molecular complexity index is 1640. The lowest BCUT2D eigenvalue weighted by Gasteiger charge is -2.15. The molecule has 2 aromatic carbocycles. The Labute approximate surface area is 215 Å². The van der Waals surface area contributed by atoms with Gasteiger partial charge in [-0.15, -0.1) is 0 Å². The third-order valence-corrected chi connectivity index (χ3v) is 5.92. The Morgan fingerprint density at radius 2 is 1.62 bits per heavy atom. The number of aromatic nitrogens is 6. The first-order valence-corrected chi connectivity index (χ1v) is 11.2. The lowest BCUT2D eigenvalue weighted by Crippen LogP contribution is -2.13. The van der Waals surface area contributed by atoms with Crippen molar-refractivity contribution in [1.29, 1.82) is 0 Å².